The Morgan fingerprint density at radius 1 is 1.44 bits per heavy atom. The van der Waals surface area contributed by atoms with Crippen molar-refractivity contribution in [3.8, 4) is 0 Å². The number of aromatic nitrogens is 2. The molecule has 1 unspecified atom stereocenters. The summed E-state index contributed by atoms with van der Waals surface area (Å²) >= 11 is 0. The molecule has 1 saturated heterocycles. The fraction of sp³-hybridized carbons (Fsp3) is 0.786. The van der Waals surface area contributed by atoms with Crippen molar-refractivity contribution in [2.75, 3.05) is 13.2 Å². The van der Waals surface area contributed by atoms with E-state index in [0.717, 1.165) is 37.7 Å². The summed E-state index contributed by atoms with van der Waals surface area (Å²) in [6.07, 6.45) is 9.96. The Hall–Kier alpha value is -0.870. The van der Waals surface area contributed by atoms with Gasteiger partial charge in [-0.2, -0.15) is 0 Å². The van der Waals surface area contributed by atoms with E-state index in [9.17, 15) is 5.11 Å². The highest BCUT2D eigenvalue weighted by Crippen LogP contribution is 2.23. The maximum atomic E-state index is 10.0. The van der Waals surface area contributed by atoms with Crippen molar-refractivity contribution >= 4 is 0 Å². The predicted molar refractivity (Wildman–Crippen MR) is 70.2 cm³/mol. The van der Waals surface area contributed by atoms with Crippen LogP contribution in [0.3, 0.4) is 0 Å². The van der Waals surface area contributed by atoms with Crippen molar-refractivity contribution in [3.63, 3.8) is 0 Å². The summed E-state index contributed by atoms with van der Waals surface area (Å²) in [4.78, 5) is 4.03. The van der Waals surface area contributed by atoms with Crippen LogP contribution in [-0.4, -0.2) is 27.9 Å². The van der Waals surface area contributed by atoms with Crippen LogP contribution in [0.5, 0.6) is 0 Å². The number of unbranched alkanes of at least 4 members (excludes halogenated alkanes) is 1. The van der Waals surface area contributed by atoms with E-state index in [4.69, 9.17) is 4.74 Å². The van der Waals surface area contributed by atoms with Gasteiger partial charge in [-0.25, -0.2) is 4.98 Å². The van der Waals surface area contributed by atoms with Crippen molar-refractivity contribution in [2.24, 2.45) is 13.0 Å². The molecule has 2 rings (SSSR count). The van der Waals surface area contributed by atoms with Crippen LogP contribution in [0.1, 0.15) is 50.3 Å². The third-order valence-corrected chi connectivity index (χ3v) is 3.88. The number of aliphatic hydroxyl groups excluding tert-OH is 1. The minimum atomic E-state index is -0.368. The van der Waals surface area contributed by atoms with Crippen LogP contribution in [0.4, 0.5) is 0 Å². The van der Waals surface area contributed by atoms with Crippen LogP contribution in [-0.2, 0) is 11.8 Å². The number of hydrogen-bond donors (Lipinski definition) is 1. The summed E-state index contributed by atoms with van der Waals surface area (Å²) in [5.41, 5.74) is 0.918. The number of hydrogen-bond acceptors (Lipinski definition) is 3. The zero-order chi connectivity index (χ0) is 12.8. The summed E-state index contributed by atoms with van der Waals surface area (Å²) in [5, 5.41) is 10.0. The molecule has 1 aromatic heterocycles. The van der Waals surface area contributed by atoms with Crippen LogP contribution in [0, 0.1) is 5.92 Å². The first kappa shape index (κ1) is 13.6. The molecule has 1 aromatic rings. The van der Waals surface area contributed by atoms with E-state index in [0.29, 0.717) is 0 Å². The highest BCUT2D eigenvalue weighted by molar-refractivity contribution is 5.01. The quantitative estimate of drug-likeness (QED) is 0.791. The predicted octanol–water partition coefficient (Wildman–Crippen LogP) is 2.44. The largest absolute Gasteiger partial charge is 0.387 e. The van der Waals surface area contributed by atoms with Gasteiger partial charge < -0.3 is 14.4 Å². The van der Waals surface area contributed by atoms with E-state index in [1.807, 2.05) is 11.6 Å². The molecule has 18 heavy (non-hydrogen) atoms. The number of aryl methyl sites for hydroxylation is 1. The number of ether oxygens (including phenoxy) is 1. The zero-order valence-corrected chi connectivity index (χ0v) is 11.2. The van der Waals surface area contributed by atoms with E-state index in [1.165, 1.54) is 25.7 Å². The third kappa shape index (κ3) is 3.82. The van der Waals surface area contributed by atoms with Crippen LogP contribution in [0.2, 0.25) is 0 Å². The van der Waals surface area contributed by atoms with Crippen molar-refractivity contribution in [2.45, 2.75) is 44.6 Å². The first-order valence-corrected chi connectivity index (χ1v) is 6.99. The van der Waals surface area contributed by atoms with Gasteiger partial charge in [-0.05, 0) is 25.2 Å². The topological polar surface area (TPSA) is 47.3 Å². The lowest BCUT2D eigenvalue weighted by atomic mass is 9.93. The van der Waals surface area contributed by atoms with Crippen LogP contribution >= 0.6 is 0 Å². The molecule has 1 aliphatic rings. The minimum absolute atomic E-state index is 0.368. The van der Waals surface area contributed by atoms with Gasteiger partial charge in [-0.15, -0.1) is 0 Å². The minimum Gasteiger partial charge on any atom is -0.387 e. The number of imidazole rings is 1. The first-order valence-electron chi connectivity index (χ1n) is 6.99. The molecule has 2 heterocycles. The van der Waals surface area contributed by atoms with E-state index in [2.05, 4.69) is 4.98 Å². The maximum absolute atomic E-state index is 10.0. The van der Waals surface area contributed by atoms with Gasteiger partial charge in [0.05, 0.1) is 24.3 Å². The number of nitrogens with zero attached hydrogens (tertiary/aromatic N) is 2. The lowest BCUT2D eigenvalue weighted by Crippen LogP contribution is -2.15. The number of aliphatic hydroxyl groups is 1. The summed E-state index contributed by atoms with van der Waals surface area (Å²) in [7, 11) is 1.92. The smallest absolute Gasteiger partial charge is 0.0955 e. The maximum Gasteiger partial charge on any atom is 0.0955 e. The highest BCUT2D eigenvalue weighted by Gasteiger charge is 2.14. The molecule has 1 atom stereocenters. The molecular formula is C14H24N2O2. The molecule has 0 saturated carbocycles. The van der Waals surface area contributed by atoms with Gasteiger partial charge in [0, 0.05) is 20.3 Å². The molecule has 1 aliphatic heterocycles. The second kappa shape index (κ2) is 6.90. The van der Waals surface area contributed by atoms with E-state index >= 15 is 0 Å². The summed E-state index contributed by atoms with van der Waals surface area (Å²) < 4.78 is 7.25. The molecular weight excluding hydrogens is 228 g/mol. The van der Waals surface area contributed by atoms with Crippen molar-refractivity contribution in [1.29, 1.82) is 0 Å². The van der Waals surface area contributed by atoms with Gasteiger partial charge in [0.25, 0.3) is 0 Å². The Kier molecular flexibility index (Phi) is 5.20. The Morgan fingerprint density at radius 2 is 2.22 bits per heavy atom. The van der Waals surface area contributed by atoms with E-state index in [-0.39, 0.29) is 6.10 Å². The van der Waals surface area contributed by atoms with Gasteiger partial charge in [0.1, 0.15) is 0 Å². The summed E-state index contributed by atoms with van der Waals surface area (Å²) in [6, 6.07) is 0. The fourth-order valence-electron chi connectivity index (χ4n) is 2.64. The lowest BCUT2D eigenvalue weighted by Gasteiger charge is -2.21. The first-order chi connectivity index (χ1) is 8.77. The van der Waals surface area contributed by atoms with E-state index in [1.54, 1.807) is 12.5 Å². The molecule has 0 aromatic carbocycles. The summed E-state index contributed by atoms with van der Waals surface area (Å²) in [5.74, 6) is 0.840. The third-order valence-electron chi connectivity index (χ3n) is 3.88. The van der Waals surface area contributed by atoms with Crippen LogP contribution < -0.4 is 0 Å². The van der Waals surface area contributed by atoms with Crippen LogP contribution in [0.15, 0.2) is 12.5 Å². The Morgan fingerprint density at radius 3 is 2.89 bits per heavy atom. The van der Waals surface area contributed by atoms with Crippen molar-refractivity contribution in [3.05, 3.63) is 18.2 Å². The Labute approximate surface area is 109 Å². The normalized spacial score (nSPS) is 19.0. The molecule has 0 amide bonds. The van der Waals surface area contributed by atoms with Gasteiger partial charge in [0.2, 0.25) is 0 Å². The SMILES string of the molecule is Cn1cncc1C(O)CCCCC1CCOCC1. The van der Waals surface area contributed by atoms with Gasteiger partial charge >= 0.3 is 0 Å². The molecule has 0 aliphatic carbocycles. The number of rotatable bonds is 6. The monoisotopic (exact) mass is 252 g/mol. The molecule has 0 spiro atoms. The molecule has 102 valence electrons. The van der Waals surface area contributed by atoms with Crippen LogP contribution in [0.25, 0.3) is 0 Å². The van der Waals surface area contributed by atoms with E-state index < -0.39 is 0 Å². The standard InChI is InChI=1S/C14H24N2O2/c1-16-11-15-10-13(16)14(17)5-3-2-4-12-6-8-18-9-7-12/h10-12,14,17H,2-9H2,1H3. The Bertz CT molecular complexity index is 345. The lowest BCUT2D eigenvalue weighted by molar-refractivity contribution is 0.0625. The molecule has 0 radical (unpaired) electrons. The molecule has 1 N–H and O–H groups in total. The second-order valence-electron chi connectivity index (χ2n) is 5.29. The molecule has 0 bridgehead atoms. The van der Waals surface area contributed by atoms with Crippen molar-refractivity contribution in [1.82, 2.24) is 9.55 Å². The molecule has 4 nitrogen and oxygen atoms in total. The van der Waals surface area contributed by atoms with Gasteiger partial charge in [-0.1, -0.05) is 19.3 Å². The molecule has 4 heteroatoms. The average Bonchev–Trinajstić information content (AvgIpc) is 2.82. The van der Waals surface area contributed by atoms with Crippen molar-refractivity contribution < 1.29 is 9.84 Å². The van der Waals surface area contributed by atoms with Gasteiger partial charge in [-0.3, -0.25) is 0 Å². The average molecular weight is 252 g/mol. The fourth-order valence-corrected chi connectivity index (χ4v) is 2.64. The highest BCUT2D eigenvalue weighted by atomic mass is 16.5. The second-order valence-corrected chi connectivity index (χ2v) is 5.29. The van der Waals surface area contributed by atoms with Gasteiger partial charge in [0.15, 0.2) is 0 Å². The Balaban J connectivity index is 1.61. The summed E-state index contributed by atoms with van der Waals surface area (Å²) in [6.45, 7) is 1.87. The zero-order valence-electron chi connectivity index (χ0n) is 11.2. The molecule has 1 fully saturated rings.